The van der Waals surface area contributed by atoms with E-state index in [0.29, 0.717) is 43.3 Å². The molecule has 0 unspecified atom stereocenters. The Balaban J connectivity index is 1.35. The Bertz CT molecular complexity index is 1490. The molecule has 1 saturated carbocycles. The zero-order valence-corrected chi connectivity index (χ0v) is 24.0. The van der Waals surface area contributed by atoms with Crippen LogP contribution in [0.15, 0.2) is 47.4 Å². The quantitative estimate of drug-likeness (QED) is 0.403. The van der Waals surface area contributed by atoms with Gasteiger partial charge in [-0.25, -0.2) is 8.42 Å². The molecule has 0 radical (unpaired) electrons. The van der Waals surface area contributed by atoms with Gasteiger partial charge in [0.25, 0.3) is 0 Å². The SMILES string of the molecule is COc1cc(S(C)(=O)=O)ccc1NCC#Cc1cc2c(N[C@H]3CC[C@H](N(C)C)CC3)cccc2n1C1COC1. The molecule has 5 rings (SSSR count). The molecule has 2 heterocycles. The summed E-state index contributed by atoms with van der Waals surface area (Å²) in [5, 5.41) is 8.28. The number of sulfone groups is 1. The maximum absolute atomic E-state index is 11.9. The molecule has 1 aliphatic heterocycles. The van der Waals surface area contributed by atoms with E-state index in [1.54, 1.807) is 12.1 Å². The predicted molar refractivity (Wildman–Crippen MR) is 157 cm³/mol. The van der Waals surface area contributed by atoms with Crippen LogP contribution in [-0.4, -0.2) is 77.2 Å². The van der Waals surface area contributed by atoms with Gasteiger partial charge < -0.3 is 29.6 Å². The minimum atomic E-state index is -3.31. The predicted octanol–water partition coefficient (Wildman–Crippen LogP) is 4.37. The van der Waals surface area contributed by atoms with E-state index in [-0.39, 0.29) is 10.9 Å². The summed E-state index contributed by atoms with van der Waals surface area (Å²) in [4.78, 5) is 2.57. The zero-order chi connectivity index (χ0) is 27.6. The number of anilines is 2. The fraction of sp³-hybridized carbons (Fsp3) is 0.467. The summed E-state index contributed by atoms with van der Waals surface area (Å²) in [7, 11) is 2.57. The topological polar surface area (TPSA) is 84.8 Å². The Morgan fingerprint density at radius 1 is 1.08 bits per heavy atom. The second-order valence-corrected chi connectivity index (χ2v) is 12.7. The Kier molecular flexibility index (Phi) is 8.08. The number of fused-ring (bicyclic) bond motifs is 1. The molecule has 2 aromatic carbocycles. The van der Waals surface area contributed by atoms with Crippen LogP contribution in [0.4, 0.5) is 11.4 Å². The first-order valence-electron chi connectivity index (χ1n) is 13.5. The maximum Gasteiger partial charge on any atom is 0.175 e. The molecular weight excluding hydrogens is 512 g/mol. The van der Waals surface area contributed by atoms with Crippen molar-refractivity contribution in [2.45, 2.75) is 48.7 Å². The lowest BCUT2D eigenvalue weighted by Gasteiger charge is -2.33. The highest BCUT2D eigenvalue weighted by Crippen LogP contribution is 2.34. The molecule has 2 aliphatic rings. The normalized spacial score (nSPS) is 19.8. The zero-order valence-electron chi connectivity index (χ0n) is 23.2. The highest BCUT2D eigenvalue weighted by Gasteiger charge is 2.26. The van der Waals surface area contributed by atoms with Gasteiger partial charge in [0.1, 0.15) is 5.75 Å². The standard InChI is InChI=1S/C30H38N4O4S/c1-33(2)22-12-10-21(11-13-22)32-27-8-5-9-29-26(27)17-23(34(29)24-19-38-20-24)7-6-16-31-28-15-14-25(39(4,35)36)18-30(28)37-3/h5,8-9,14-15,17-18,21-22,24,31-32H,10-13,16,19-20H2,1-4H3/t21-,22-. The number of benzene rings is 2. The van der Waals surface area contributed by atoms with Crippen molar-refractivity contribution >= 4 is 32.1 Å². The van der Waals surface area contributed by atoms with Crippen LogP contribution in [0.5, 0.6) is 5.75 Å². The van der Waals surface area contributed by atoms with Crippen molar-refractivity contribution in [3.05, 3.63) is 48.2 Å². The molecule has 2 fully saturated rings. The first-order chi connectivity index (χ1) is 18.7. The number of rotatable bonds is 8. The second-order valence-electron chi connectivity index (χ2n) is 10.7. The molecule has 39 heavy (non-hydrogen) atoms. The molecule has 9 heteroatoms. The van der Waals surface area contributed by atoms with Crippen LogP contribution in [0.2, 0.25) is 0 Å². The second kappa shape index (κ2) is 11.5. The monoisotopic (exact) mass is 550 g/mol. The fourth-order valence-corrected chi connectivity index (χ4v) is 6.15. The highest BCUT2D eigenvalue weighted by molar-refractivity contribution is 7.90. The first kappa shape index (κ1) is 27.4. The van der Waals surface area contributed by atoms with E-state index < -0.39 is 9.84 Å². The lowest BCUT2D eigenvalue weighted by atomic mass is 9.90. The van der Waals surface area contributed by atoms with E-state index >= 15 is 0 Å². The van der Waals surface area contributed by atoms with Crippen molar-refractivity contribution in [3.63, 3.8) is 0 Å². The van der Waals surface area contributed by atoms with Gasteiger partial charge in [0, 0.05) is 35.5 Å². The number of hydrogen-bond donors (Lipinski definition) is 2. The van der Waals surface area contributed by atoms with Gasteiger partial charge in [-0.05, 0) is 76.0 Å². The Morgan fingerprint density at radius 3 is 2.49 bits per heavy atom. The molecule has 0 atom stereocenters. The van der Waals surface area contributed by atoms with E-state index in [1.165, 1.54) is 56.0 Å². The van der Waals surface area contributed by atoms with Crippen molar-refractivity contribution in [2.75, 3.05) is 57.9 Å². The summed E-state index contributed by atoms with van der Waals surface area (Å²) < 4.78 is 37.0. The summed E-state index contributed by atoms with van der Waals surface area (Å²) in [5.41, 5.74) is 4.00. The molecule has 1 aliphatic carbocycles. The van der Waals surface area contributed by atoms with Gasteiger partial charge in [0.2, 0.25) is 0 Å². The molecule has 208 valence electrons. The van der Waals surface area contributed by atoms with E-state index in [9.17, 15) is 8.42 Å². The Hall–Kier alpha value is -3.19. The Labute approximate surface area is 231 Å². The third-order valence-corrected chi connectivity index (χ3v) is 8.95. The van der Waals surface area contributed by atoms with Crippen LogP contribution >= 0.6 is 0 Å². The molecular formula is C30H38N4O4S. The maximum atomic E-state index is 11.9. The molecule has 0 amide bonds. The average Bonchev–Trinajstić information content (AvgIpc) is 3.24. The van der Waals surface area contributed by atoms with E-state index in [1.807, 2.05) is 0 Å². The van der Waals surface area contributed by atoms with Crippen LogP contribution in [-0.2, 0) is 14.6 Å². The summed E-state index contributed by atoms with van der Waals surface area (Å²) in [5.74, 6) is 7.08. The van der Waals surface area contributed by atoms with Crippen LogP contribution in [0.3, 0.4) is 0 Å². The minimum Gasteiger partial charge on any atom is -0.495 e. The van der Waals surface area contributed by atoms with Crippen molar-refractivity contribution in [1.82, 2.24) is 9.47 Å². The van der Waals surface area contributed by atoms with Gasteiger partial charge in [-0.1, -0.05) is 12.0 Å². The lowest BCUT2D eigenvalue weighted by Crippen LogP contribution is -2.36. The molecule has 8 nitrogen and oxygen atoms in total. The van der Waals surface area contributed by atoms with Crippen molar-refractivity contribution in [1.29, 1.82) is 0 Å². The van der Waals surface area contributed by atoms with Crippen molar-refractivity contribution < 1.29 is 17.9 Å². The largest absolute Gasteiger partial charge is 0.495 e. The summed E-state index contributed by atoms with van der Waals surface area (Å²) in [6.45, 7) is 1.76. The van der Waals surface area contributed by atoms with E-state index in [4.69, 9.17) is 9.47 Å². The number of aromatic nitrogens is 1. The lowest BCUT2D eigenvalue weighted by molar-refractivity contribution is -0.0216. The smallest absolute Gasteiger partial charge is 0.175 e. The third-order valence-electron chi connectivity index (χ3n) is 7.84. The van der Waals surface area contributed by atoms with E-state index in [0.717, 1.165) is 11.4 Å². The van der Waals surface area contributed by atoms with Gasteiger partial charge in [-0.15, -0.1) is 0 Å². The van der Waals surface area contributed by atoms with Gasteiger partial charge >= 0.3 is 0 Å². The molecule has 3 aromatic rings. The van der Waals surface area contributed by atoms with Crippen LogP contribution < -0.4 is 15.4 Å². The number of ether oxygens (including phenoxy) is 2. The number of nitrogens with zero attached hydrogens (tertiary/aromatic N) is 2. The molecule has 0 bridgehead atoms. The van der Waals surface area contributed by atoms with Gasteiger partial charge in [0.05, 0.1) is 54.7 Å². The first-order valence-corrected chi connectivity index (χ1v) is 15.4. The van der Waals surface area contributed by atoms with Crippen LogP contribution in [0, 0.1) is 11.8 Å². The summed E-state index contributed by atoms with van der Waals surface area (Å²) in [6.07, 6.45) is 5.95. The van der Waals surface area contributed by atoms with Gasteiger partial charge in [-0.3, -0.25) is 0 Å². The number of nitrogens with one attached hydrogen (secondary N) is 2. The minimum absolute atomic E-state index is 0.221. The molecule has 1 aromatic heterocycles. The molecule has 1 saturated heterocycles. The number of hydrogen-bond acceptors (Lipinski definition) is 7. The Morgan fingerprint density at radius 2 is 1.85 bits per heavy atom. The van der Waals surface area contributed by atoms with E-state index in [2.05, 4.69) is 70.3 Å². The number of methoxy groups -OCH3 is 1. The van der Waals surface area contributed by atoms with Crippen LogP contribution in [0.25, 0.3) is 10.9 Å². The molecule has 2 N–H and O–H groups in total. The third kappa shape index (κ3) is 6.03. The van der Waals surface area contributed by atoms with Crippen LogP contribution in [0.1, 0.15) is 37.4 Å². The van der Waals surface area contributed by atoms with Crippen molar-refractivity contribution in [3.8, 4) is 17.6 Å². The van der Waals surface area contributed by atoms with Gasteiger partial charge in [0.15, 0.2) is 9.84 Å². The van der Waals surface area contributed by atoms with Crippen molar-refractivity contribution in [2.24, 2.45) is 0 Å². The highest BCUT2D eigenvalue weighted by atomic mass is 32.2. The summed E-state index contributed by atoms with van der Waals surface area (Å²) >= 11 is 0. The molecule has 0 spiro atoms. The fourth-order valence-electron chi connectivity index (χ4n) is 5.52. The van der Waals surface area contributed by atoms with Gasteiger partial charge in [-0.2, -0.15) is 0 Å². The average molecular weight is 551 g/mol. The summed E-state index contributed by atoms with van der Waals surface area (Å²) in [6, 6.07) is 14.9.